The van der Waals surface area contributed by atoms with Gasteiger partial charge in [-0.25, -0.2) is 14.2 Å². The molecule has 1 aromatic carbocycles. The van der Waals surface area contributed by atoms with E-state index in [4.69, 9.17) is 4.98 Å². The van der Waals surface area contributed by atoms with Crippen LogP contribution in [0.1, 0.15) is 74.6 Å². The van der Waals surface area contributed by atoms with Crippen molar-refractivity contribution in [2.24, 2.45) is 0 Å². The number of rotatable bonds is 8. The number of fused-ring (bicyclic) bond motifs is 3. The fourth-order valence-electron chi connectivity index (χ4n) is 7.67. The Labute approximate surface area is 260 Å². The summed E-state index contributed by atoms with van der Waals surface area (Å²) in [6.45, 7) is 3.80. The fraction of sp³-hybridized carbons (Fsp3) is 0.545. The number of benzene rings is 1. The van der Waals surface area contributed by atoms with Crippen molar-refractivity contribution in [2.45, 2.75) is 95.6 Å². The average molecular weight is 629 g/mol. The van der Waals surface area contributed by atoms with Crippen LogP contribution in [0.4, 0.5) is 28.0 Å². The molecular weight excluding hydrogens is 588 g/mol. The zero-order valence-corrected chi connectivity index (χ0v) is 25.5. The molecule has 6 rings (SSSR count). The van der Waals surface area contributed by atoms with E-state index in [0.29, 0.717) is 30.7 Å². The number of imidazole rings is 1. The van der Waals surface area contributed by atoms with Crippen molar-refractivity contribution in [3.63, 3.8) is 0 Å². The molecule has 2 saturated heterocycles. The monoisotopic (exact) mass is 628 g/mol. The first kappa shape index (κ1) is 31.3. The number of allylic oxidation sites excluding steroid dienone is 4. The third kappa shape index (κ3) is 7.10. The van der Waals surface area contributed by atoms with E-state index < -0.39 is 18.5 Å². The highest BCUT2D eigenvalue weighted by Gasteiger charge is 2.43. The number of alkyl halides is 3. The molecule has 3 aliphatic heterocycles. The average Bonchev–Trinajstić information content (AvgIpc) is 3.45. The van der Waals surface area contributed by atoms with Crippen LogP contribution < -0.4 is 5.32 Å². The van der Waals surface area contributed by atoms with E-state index in [-0.39, 0.29) is 31.0 Å². The Morgan fingerprint density at radius 3 is 2.47 bits per heavy atom. The smallest absolute Gasteiger partial charge is 0.336 e. The number of piperidine rings is 1. The number of amides is 3. The Morgan fingerprint density at radius 1 is 1.07 bits per heavy atom. The summed E-state index contributed by atoms with van der Waals surface area (Å²) in [7, 11) is 0. The number of aryl methyl sites for hydroxylation is 1. The maximum absolute atomic E-state index is 13.4. The molecule has 0 saturated carbocycles. The van der Waals surface area contributed by atoms with Gasteiger partial charge in [0.05, 0.1) is 12.2 Å². The standard InChI is InChI=1S/C33H40F4N6O2/c1-22-38-29-21-40(31(44)20-33(35,36)37)17-14-30(29)43(22)28-18-26-12-13-27(19-28)41(26)15-5-16-42(25-6-3-2-4-7-25)32(45)39-24-10-8-23(34)9-11-24/h2-3,6,8-11,26-28H,4-5,7,12-21H2,1H3,(H,39,45)/t26-,27+,28?. The number of carbonyl (C=O) groups is 2. The summed E-state index contributed by atoms with van der Waals surface area (Å²) in [5.41, 5.74) is 3.29. The second-order valence-electron chi connectivity index (χ2n) is 12.6. The topological polar surface area (TPSA) is 73.7 Å². The van der Waals surface area contributed by atoms with Crippen molar-refractivity contribution in [1.82, 2.24) is 24.3 Å². The Hall–Kier alpha value is -3.67. The molecule has 45 heavy (non-hydrogen) atoms. The molecule has 0 radical (unpaired) electrons. The van der Waals surface area contributed by atoms with Gasteiger partial charge in [-0.05, 0) is 82.2 Å². The third-order valence-corrected chi connectivity index (χ3v) is 9.63. The van der Waals surface area contributed by atoms with Gasteiger partial charge >= 0.3 is 12.2 Å². The second kappa shape index (κ2) is 13.0. The molecule has 12 heteroatoms. The molecule has 2 aromatic rings. The molecule has 1 aliphatic carbocycles. The van der Waals surface area contributed by atoms with Gasteiger partial charge in [-0.3, -0.25) is 14.6 Å². The zero-order valence-electron chi connectivity index (χ0n) is 25.5. The van der Waals surface area contributed by atoms with Gasteiger partial charge in [-0.1, -0.05) is 12.2 Å². The lowest BCUT2D eigenvalue weighted by molar-refractivity contribution is -0.162. The number of nitrogens with zero attached hydrogens (tertiary/aromatic N) is 5. The van der Waals surface area contributed by atoms with E-state index in [1.54, 1.807) is 12.1 Å². The molecule has 1 unspecified atom stereocenters. The summed E-state index contributed by atoms with van der Waals surface area (Å²) >= 11 is 0. The van der Waals surface area contributed by atoms with Crippen LogP contribution >= 0.6 is 0 Å². The van der Waals surface area contributed by atoms with Crippen molar-refractivity contribution < 1.29 is 27.2 Å². The first-order valence-corrected chi connectivity index (χ1v) is 15.9. The van der Waals surface area contributed by atoms with E-state index in [9.17, 15) is 27.2 Å². The molecule has 3 amide bonds. The quantitative estimate of drug-likeness (QED) is 0.339. The molecule has 8 nitrogen and oxygen atoms in total. The number of halogens is 4. The van der Waals surface area contributed by atoms with Gasteiger partial charge in [-0.15, -0.1) is 0 Å². The van der Waals surface area contributed by atoms with Gasteiger partial charge in [0.25, 0.3) is 0 Å². The van der Waals surface area contributed by atoms with Gasteiger partial charge in [0.15, 0.2) is 0 Å². The number of urea groups is 1. The molecule has 242 valence electrons. The summed E-state index contributed by atoms with van der Waals surface area (Å²) in [4.78, 5) is 35.9. The van der Waals surface area contributed by atoms with Crippen LogP contribution in [-0.2, 0) is 17.8 Å². The summed E-state index contributed by atoms with van der Waals surface area (Å²) in [6, 6.07) is 6.66. The molecular formula is C33H40F4N6O2. The minimum atomic E-state index is -4.51. The van der Waals surface area contributed by atoms with Crippen LogP contribution in [0.3, 0.4) is 0 Å². The van der Waals surface area contributed by atoms with E-state index in [2.05, 4.69) is 20.9 Å². The molecule has 0 spiro atoms. The third-order valence-electron chi connectivity index (χ3n) is 9.63. The minimum absolute atomic E-state index is 0.126. The van der Waals surface area contributed by atoms with E-state index >= 15 is 0 Å². The Bertz CT molecular complexity index is 1450. The Morgan fingerprint density at radius 2 is 1.80 bits per heavy atom. The molecule has 4 aliphatic rings. The summed E-state index contributed by atoms with van der Waals surface area (Å²) in [5, 5.41) is 2.92. The fourth-order valence-corrected chi connectivity index (χ4v) is 7.67. The van der Waals surface area contributed by atoms with Gasteiger partial charge in [-0.2, -0.15) is 13.2 Å². The van der Waals surface area contributed by atoms with Crippen molar-refractivity contribution >= 4 is 17.6 Å². The van der Waals surface area contributed by atoms with E-state index in [0.717, 1.165) is 74.4 Å². The number of carbonyl (C=O) groups excluding carboxylic acids is 2. The first-order chi connectivity index (χ1) is 21.6. The van der Waals surface area contributed by atoms with Crippen molar-refractivity contribution in [1.29, 1.82) is 0 Å². The Balaban J connectivity index is 1.07. The lowest BCUT2D eigenvalue weighted by Gasteiger charge is -2.41. The highest BCUT2D eigenvalue weighted by atomic mass is 19.4. The molecule has 1 N–H and O–H groups in total. The molecule has 1 aromatic heterocycles. The highest BCUT2D eigenvalue weighted by molar-refractivity contribution is 5.90. The van der Waals surface area contributed by atoms with Gasteiger partial charge in [0, 0.05) is 61.3 Å². The summed E-state index contributed by atoms with van der Waals surface area (Å²) < 4.78 is 54.1. The molecule has 4 heterocycles. The molecule has 2 bridgehead atoms. The molecule has 3 atom stereocenters. The van der Waals surface area contributed by atoms with Crippen LogP contribution in [0.25, 0.3) is 0 Å². The van der Waals surface area contributed by atoms with Crippen LogP contribution in [0.15, 0.2) is 48.2 Å². The van der Waals surface area contributed by atoms with E-state index in [1.165, 1.54) is 17.0 Å². The molecule has 2 fully saturated rings. The van der Waals surface area contributed by atoms with Crippen molar-refractivity contribution in [2.75, 3.05) is 25.0 Å². The summed E-state index contributed by atoms with van der Waals surface area (Å²) in [6.07, 6.45) is 7.27. The zero-order chi connectivity index (χ0) is 31.7. The number of anilines is 1. The second-order valence-corrected chi connectivity index (χ2v) is 12.6. The maximum atomic E-state index is 13.4. The SMILES string of the molecule is Cc1nc2c(n1C1C[C@H]3CC[C@@H](C1)N3CCCN(C(=O)Nc1ccc(F)cc1)C1=CC=CCC1)CCN(C(=O)CC(F)(F)F)C2. The largest absolute Gasteiger partial charge is 0.397 e. The van der Waals surface area contributed by atoms with Gasteiger partial charge < -0.3 is 14.8 Å². The normalized spacial score (nSPS) is 23.1. The van der Waals surface area contributed by atoms with Crippen LogP contribution in [-0.4, -0.2) is 74.1 Å². The number of hydrogen-bond donors (Lipinski definition) is 1. The van der Waals surface area contributed by atoms with Gasteiger partial charge in [0.2, 0.25) is 5.91 Å². The van der Waals surface area contributed by atoms with E-state index in [1.807, 2.05) is 24.0 Å². The lowest BCUT2D eigenvalue weighted by atomic mass is 9.95. The van der Waals surface area contributed by atoms with Crippen LogP contribution in [0.2, 0.25) is 0 Å². The Kier molecular flexibility index (Phi) is 9.03. The maximum Gasteiger partial charge on any atom is 0.397 e. The van der Waals surface area contributed by atoms with Gasteiger partial charge in [0.1, 0.15) is 18.1 Å². The predicted octanol–water partition coefficient (Wildman–Crippen LogP) is 6.49. The van der Waals surface area contributed by atoms with Crippen LogP contribution in [0, 0.1) is 12.7 Å². The number of hydrogen-bond acceptors (Lipinski definition) is 4. The summed E-state index contributed by atoms with van der Waals surface area (Å²) in [5.74, 6) is -0.385. The number of nitrogens with one attached hydrogen (secondary N) is 1. The van der Waals surface area contributed by atoms with Crippen molar-refractivity contribution in [3.8, 4) is 0 Å². The lowest BCUT2D eigenvalue weighted by Crippen LogP contribution is -2.45. The minimum Gasteiger partial charge on any atom is -0.336 e. The first-order valence-electron chi connectivity index (χ1n) is 15.9. The highest BCUT2D eigenvalue weighted by Crippen LogP contribution is 2.42. The predicted molar refractivity (Wildman–Crippen MR) is 162 cm³/mol. The number of aromatic nitrogens is 2. The van der Waals surface area contributed by atoms with Crippen molar-refractivity contribution in [3.05, 3.63) is 71.2 Å². The van der Waals surface area contributed by atoms with Crippen LogP contribution in [0.5, 0.6) is 0 Å².